The lowest BCUT2D eigenvalue weighted by Gasteiger charge is -2.40. The molecule has 1 aromatic carbocycles. The van der Waals surface area contributed by atoms with Gasteiger partial charge >= 0.3 is 5.97 Å². The van der Waals surface area contributed by atoms with Gasteiger partial charge in [-0.2, -0.15) is 0 Å². The minimum atomic E-state index is -0.786. The van der Waals surface area contributed by atoms with Crippen molar-refractivity contribution in [3.63, 3.8) is 0 Å². The number of benzene rings is 1. The van der Waals surface area contributed by atoms with Gasteiger partial charge in [0.25, 0.3) is 0 Å². The van der Waals surface area contributed by atoms with E-state index in [0.717, 1.165) is 37.4 Å². The zero-order valence-corrected chi connectivity index (χ0v) is 18.9. The van der Waals surface area contributed by atoms with Gasteiger partial charge in [-0.3, -0.25) is 4.79 Å². The Morgan fingerprint density at radius 3 is 2.23 bits per heavy atom. The summed E-state index contributed by atoms with van der Waals surface area (Å²) in [6, 6.07) is 7.20. The quantitative estimate of drug-likeness (QED) is 0.290. The second kappa shape index (κ2) is 11.1. The highest BCUT2D eigenvalue weighted by Crippen LogP contribution is 2.37. The first kappa shape index (κ1) is 23.1. The predicted molar refractivity (Wildman–Crippen MR) is 117 cm³/mol. The highest BCUT2D eigenvalue weighted by atomic mass is 16.7. The summed E-state index contributed by atoms with van der Waals surface area (Å²) in [7, 11) is 0. The Balaban J connectivity index is 1.45. The highest BCUT2D eigenvalue weighted by molar-refractivity contribution is 5.79. The first-order valence-electron chi connectivity index (χ1n) is 11.7. The molecule has 0 amide bonds. The van der Waals surface area contributed by atoms with Crippen LogP contribution in [0.4, 0.5) is 0 Å². The maximum Gasteiger partial charge on any atom is 0.321 e. The number of unbranched alkanes of at least 4 members (excludes halogenated alkanes) is 1. The Morgan fingerprint density at radius 1 is 1.00 bits per heavy atom. The lowest BCUT2D eigenvalue weighted by Crippen LogP contribution is -2.49. The van der Waals surface area contributed by atoms with E-state index >= 15 is 0 Å². The molecule has 1 saturated heterocycles. The minimum absolute atomic E-state index is 0.187. The molecule has 0 bridgehead atoms. The monoisotopic (exact) mass is 418 g/mol. The van der Waals surface area contributed by atoms with E-state index in [-0.39, 0.29) is 12.3 Å². The van der Waals surface area contributed by atoms with Crippen LogP contribution in [0.1, 0.15) is 72.1 Å². The van der Waals surface area contributed by atoms with Crippen molar-refractivity contribution in [3.8, 4) is 11.5 Å². The molecule has 0 radical (unpaired) electrons. The third kappa shape index (κ3) is 6.21. The lowest BCUT2D eigenvalue weighted by atomic mass is 9.79. The SMILES string of the molecule is CCCCOc1ccc(OC(=O)C2(C)COC([C@H]3CC[C@H](CCC)CC3)OC2)cc1. The third-order valence-corrected chi connectivity index (χ3v) is 6.40. The summed E-state index contributed by atoms with van der Waals surface area (Å²) >= 11 is 0. The molecule has 0 atom stereocenters. The molecule has 1 heterocycles. The van der Waals surface area contributed by atoms with Gasteiger partial charge in [0.15, 0.2) is 6.29 Å². The molecule has 2 fully saturated rings. The van der Waals surface area contributed by atoms with Gasteiger partial charge in [0.2, 0.25) is 0 Å². The molecule has 3 rings (SSSR count). The van der Waals surface area contributed by atoms with E-state index in [4.69, 9.17) is 18.9 Å². The Kier molecular flexibility index (Phi) is 8.58. The Bertz CT molecular complexity index is 640. The van der Waals surface area contributed by atoms with Crippen molar-refractivity contribution in [1.29, 1.82) is 0 Å². The summed E-state index contributed by atoms with van der Waals surface area (Å²) in [5.41, 5.74) is -0.786. The molecule has 168 valence electrons. The smallest absolute Gasteiger partial charge is 0.321 e. The van der Waals surface area contributed by atoms with Crippen LogP contribution in [0.15, 0.2) is 24.3 Å². The summed E-state index contributed by atoms with van der Waals surface area (Å²) in [6.45, 7) is 7.61. The predicted octanol–water partition coefficient (Wildman–Crippen LogP) is 5.76. The van der Waals surface area contributed by atoms with Crippen molar-refractivity contribution in [1.82, 2.24) is 0 Å². The van der Waals surface area contributed by atoms with Gasteiger partial charge in [-0.25, -0.2) is 0 Å². The fourth-order valence-electron chi connectivity index (χ4n) is 4.34. The summed E-state index contributed by atoms with van der Waals surface area (Å²) < 4.78 is 23.3. The number of esters is 1. The molecule has 1 aliphatic heterocycles. The van der Waals surface area contributed by atoms with Crippen LogP contribution < -0.4 is 9.47 Å². The van der Waals surface area contributed by atoms with Crippen LogP contribution >= 0.6 is 0 Å². The molecule has 30 heavy (non-hydrogen) atoms. The topological polar surface area (TPSA) is 54.0 Å². The molecule has 1 saturated carbocycles. The molecule has 0 unspecified atom stereocenters. The number of hydrogen-bond donors (Lipinski definition) is 0. The van der Waals surface area contributed by atoms with E-state index in [9.17, 15) is 4.79 Å². The maximum atomic E-state index is 12.8. The summed E-state index contributed by atoms with van der Waals surface area (Å²) in [5.74, 6) is 2.29. The van der Waals surface area contributed by atoms with Crippen molar-refractivity contribution in [2.24, 2.45) is 17.3 Å². The van der Waals surface area contributed by atoms with Gasteiger partial charge in [-0.1, -0.05) is 33.1 Å². The highest BCUT2D eigenvalue weighted by Gasteiger charge is 2.43. The number of rotatable bonds is 9. The Labute approximate surface area is 181 Å². The van der Waals surface area contributed by atoms with Gasteiger partial charge in [-0.05, 0) is 69.2 Å². The Morgan fingerprint density at radius 2 is 1.63 bits per heavy atom. The van der Waals surface area contributed by atoms with Crippen molar-refractivity contribution >= 4 is 5.97 Å². The second-order valence-electron chi connectivity index (χ2n) is 9.18. The van der Waals surface area contributed by atoms with Gasteiger partial charge in [0.05, 0.1) is 19.8 Å². The number of ether oxygens (including phenoxy) is 4. The molecule has 0 spiro atoms. The summed E-state index contributed by atoms with van der Waals surface area (Å²) in [6.07, 6.45) is 9.36. The van der Waals surface area contributed by atoms with Gasteiger partial charge in [0, 0.05) is 5.92 Å². The fourth-order valence-corrected chi connectivity index (χ4v) is 4.34. The van der Waals surface area contributed by atoms with Crippen molar-refractivity contribution < 1.29 is 23.7 Å². The Hall–Kier alpha value is -1.59. The van der Waals surface area contributed by atoms with Crippen LogP contribution in [-0.2, 0) is 14.3 Å². The fraction of sp³-hybridized carbons (Fsp3) is 0.720. The van der Waals surface area contributed by atoms with Gasteiger partial charge < -0.3 is 18.9 Å². The van der Waals surface area contributed by atoms with Crippen molar-refractivity contribution in [2.75, 3.05) is 19.8 Å². The van der Waals surface area contributed by atoms with Crippen LogP contribution in [0, 0.1) is 17.3 Å². The molecule has 5 nitrogen and oxygen atoms in total. The number of carbonyl (C=O) groups is 1. The van der Waals surface area contributed by atoms with Crippen LogP contribution in [0.25, 0.3) is 0 Å². The van der Waals surface area contributed by atoms with Gasteiger partial charge in [0.1, 0.15) is 16.9 Å². The van der Waals surface area contributed by atoms with Crippen molar-refractivity contribution in [3.05, 3.63) is 24.3 Å². The first-order chi connectivity index (χ1) is 14.5. The standard InChI is InChI=1S/C25H38O5/c1-4-6-16-27-21-12-14-22(15-13-21)30-24(26)25(3)17-28-23(29-18-25)20-10-8-19(7-5-2)9-11-20/h12-15,19-20,23H,4-11,16-18H2,1-3H3/t19-,20-,23?,25?. The van der Waals surface area contributed by atoms with E-state index in [1.165, 1.54) is 25.7 Å². The molecular weight excluding hydrogens is 380 g/mol. The molecule has 1 aliphatic carbocycles. The van der Waals surface area contributed by atoms with E-state index in [2.05, 4.69) is 13.8 Å². The van der Waals surface area contributed by atoms with Crippen molar-refractivity contribution in [2.45, 2.75) is 78.4 Å². The summed E-state index contributed by atoms with van der Waals surface area (Å²) in [5, 5.41) is 0. The molecule has 0 aromatic heterocycles. The van der Waals surface area contributed by atoms with Crippen LogP contribution in [-0.4, -0.2) is 32.1 Å². The van der Waals surface area contributed by atoms with E-state index in [1.807, 2.05) is 19.1 Å². The molecular formula is C25H38O5. The zero-order chi connectivity index (χ0) is 21.4. The molecule has 1 aromatic rings. The number of carbonyl (C=O) groups excluding carboxylic acids is 1. The van der Waals surface area contributed by atoms with Crippen LogP contribution in [0.2, 0.25) is 0 Å². The van der Waals surface area contributed by atoms with E-state index < -0.39 is 5.41 Å². The first-order valence-corrected chi connectivity index (χ1v) is 11.7. The molecule has 2 aliphatic rings. The van der Waals surface area contributed by atoms with Gasteiger partial charge in [-0.15, -0.1) is 0 Å². The lowest BCUT2D eigenvalue weighted by molar-refractivity contribution is -0.250. The van der Waals surface area contributed by atoms with Crippen LogP contribution in [0.5, 0.6) is 11.5 Å². The normalized spacial score (nSPS) is 29.4. The molecule has 5 heteroatoms. The molecule has 0 N–H and O–H groups in total. The average Bonchev–Trinajstić information content (AvgIpc) is 2.76. The summed E-state index contributed by atoms with van der Waals surface area (Å²) in [4.78, 5) is 12.8. The van der Waals surface area contributed by atoms with E-state index in [1.54, 1.807) is 12.1 Å². The van der Waals surface area contributed by atoms with Crippen LogP contribution in [0.3, 0.4) is 0 Å². The minimum Gasteiger partial charge on any atom is -0.494 e. The zero-order valence-electron chi connectivity index (χ0n) is 18.9. The third-order valence-electron chi connectivity index (χ3n) is 6.40. The maximum absolute atomic E-state index is 12.8. The largest absolute Gasteiger partial charge is 0.494 e. The number of hydrogen-bond acceptors (Lipinski definition) is 5. The second-order valence-corrected chi connectivity index (χ2v) is 9.18. The van der Waals surface area contributed by atoms with E-state index in [0.29, 0.717) is 31.5 Å². The average molecular weight is 419 g/mol.